The second-order valence-corrected chi connectivity index (χ2v) is 5.39. The maximum absolute atomic E-state index is 6.36. The Balaban J connectivity index is 1.89. The summed E-state index contributed by atoms with van der Waals surface area (Å²) < 4.78 is 0. The van der Waals surface area contributed by atoms with Crippen LogP contribution in [-0.2, 0) is 6.42 Å². The molecule has 0 amide bonds. The molecule has 0 aliphatic heterocycles. The third-order valence-corrected chi connectivity index (χ3v) is 4.18. The first-order valence-corrected chi connectivity index (χ1v) is 6.95. The van der Waals surface area contributed by atoms with Gasteiger partial charge in [0.25, 0.3) is 0 Å². The van der Waals surface area contributed by atoms with Crippen molar-refractivity contribution in [1.29, 1.82) is 0 Å². The van der Waals surface area contributed by atoms with Crippen LogP contribution >= 0.6 is 0 Å². The van der Waals surface area contributed by atoms with Gasteiger partial charge in [-0.3, -0.25) is 4.98 Å². The van der Waals surface area contributed by atoms with Crippen LogP contribution in [0.25, 0.3) is 0 Å². The van der Waals surface area contributed by atoms with Gasteiger partial charge in [-0.15, -0.1) is 0 Å². The standard InChI is InChI=1S/C15H24N2/c1-2-12-6-5-7-13(10-12)15(16)11-14-8-3-4-9-17-14/h3-4,8-9,12-13,15H,2,5-7,10-11,16H2,1H3. The van der Waals surface area contributed by atoms with E-state index in [-0.39, 0.29) is 0 Å². The van der Waals surface area contributed by atoms with Gasteiger partial charge < -0.3 is 5.73 Å². The molecule has 1 aliphatic rings. The summed E-state index contributed by atoms with van der Waals surface area (Å²) >= 11 is 0. The quantitative estimate of drug-likeness (QED) is 0.866. The minimum atomic E-state index is 0.291. The number of nitrogens with two attached hydrogens (primary N) is 1. The van der Waals surface area contributed by atoms with E-state index in [0.717, 1.165) is 18.0 Å². The van der Waals surface area contributed by atoms with Crippen molar-refractivity contribution in [3.8, 4) is 0 Å². The summed E-state index contributed by atoms with van der Waals surface area (Å²) in [4.78, 5) is 4.37. The second-order valence-electron chi connectivity index (χ2n) is 5.39. The molecule has 0 aromatic carbocycles. The number of nitrogens with zero attached hydrogens (tertiary/aromatic N) is 1. The van der Waals surface area contributed by atoms with Crippen LogP contribution in [-0.4, -0.2) is 11.0 Å². The van der Waals surface area contributed by atoms with Gasteiger partial charge in [0.05, 0.1) is 0 Å². The topological polar surface area (TPSA) is 38.9 Å². The first-order chi connectivity index (χ1) is 8.29. The minimum Gasteiger partial charge on any atom is -0.327 e. The molecular weight excluding hydrogens is 208 g/mol. The highest BCUT2D eigenvalue weighted by atomic mass is 14.7. The molecule has 1 aromatic heterocycles. The molecule has 1 fully saturated rings. The maximum atomic E-state index is 6.36. The van der Waals surface area contributed by atoms with Crippen LogP contribution in [0, 0.1) is 11.8 Å². The summed E-state index contributed by atoms with van der Waals surface area (Å²) in [5.41, 5.74) is 7.49. The van der Waals surface area contributed by atoms with Crippen LogP contribution < -0.4 is 5.73 Å². The van der Waals surface area contributed by atoms with Gasteiger partial charge in [0.1, 0.15) is 0 Å². The van der Waals surface area contributed by atoms with E-state index < -0.39 is 0 Å². The van der Waals surface area contributed by atoms with E-state index in [1.165, 1.54) is 32.1 Å². The van der Waals surface area contributed by atoms with Crippen LogP contribution in [0.2, 0.25) is 0 Å². The molecule has 1 saturated carbocycles. The van der Waals surface area contributed by atoms with Gasteiger partial charge in [-0.1, -0.05) is 32.3 Å². The molecule has 2 rings (SSSR count). The summed E-state index contributed by atoms with van der Waals surface area (Å²) in [6.07, 6.45) is 9.50. The maximum Gasteiger partial charge on any atom is 0.0419 e. The Morgan fingerprint density at radius 3 is 3.00 bits per heavy atom. The van der Waals surface area contributed by atoms with Crippen molar-refractivity contribution in [2.75, 3.05) is 0 Å². The van der Waals surface area contributed by atoms with Gasteiger partial charge in [-0.25, -0.2) is 0 Å². The lowest BCUT2D eigenvalue weighted by Crippen LogP contribution is -2.35. The van der Waals surface area contributed by atoms with Gasteiger partial charge in [-0.05, 0) is 36.8 Å². The molecule has 3 unspecified atom stereocenters. The Morgan fingerprint density at radius 1 is 1.41 bits per heavy atom. The fourth-order valence-electron chi connectivity index (χ4n) is 3.02. The lowest BCUT2D eigenvalue weighted by molar-refractivity contribution is 0.228. The Labute approximate surface area is 105 Å². The lowest BCUT2D eigenvalue weighted by atomic mass is 9.76. The van der Waals surface area contributed by atoms with E-state index in [9.17, 15) is 0 Å². The van der Waals surface area contributed by atoms with Crippen LogP contribution in [0.4, 0.5) is 0 Å². The normalized spacial score (nSPS) is 26.7. The molecule has 2 heteroatoms. The highest BCUT2D eigenvalue weighted by molar-refractivity contribution is 5.05. The highest BCUT2D eigenvalue weighted by Gasteiger charge is 2.25. The third-order valence-electron chi connectivity index (χ3n) is 4.18. The van der Waals surface area contributed by atoms with Crippen molar-refractivity contribution in [2.45, 2.75) is 51.5 Å². The Bertz CT molecular complexity index is 323. The summed E-state index contributed by atoms with van der Waals surface area (Å²) in [5.74, 6) is 1.61. The van der Waals surface area contributed by atoms with Gasteiger partial charge in [0, 0.05) is 24.4 Å². The Hall–Kier alpha value is -0.890. The van der Waals surface area contributed by atoms with Crippen molar-refractivity contribution >= 4 is 0 Å². The predicted molar refractivity (Wildman–Crippen MR) is 71.7 cm³/mol. The second kappa shape index (κ2) is 6.15. The average Bonchev–Trinajstić information content (AvgIpc) is 2.40. The van der Waals surface area contributed by atoms with Crippen molar-refractivity contribution < 1.29 is 0 Å². The molecular formula is C15H24N2. The average molecular weight is 232 g/mol. The number of hydrogen-bond donors (Lipinski definition) is 1. The molecule has 1 aromatic rings. The zero-order chi connectivity index (χ0) is 12.1. The smallest absolute Gasteiger partial charge is 0.0419 e. The minimum absolute atomic E-state index is 0.291. The molecule has 0 spiro atoms. The zero-order valence-corrected chi connectivity index (χ0v) is 10.8. The molecule has 0 bridgehead atoms. The van der Waals surface area contributed by atoms with Crippen molar-refractivity contribution in [3.63, 3.8) is 0 Å². The summed E-state index contributed by atoms with van der Waals surface area (Å²) in [7, 11) is 0. The number of aromatic nitrogens is 1. The van der Waals surface area contributed by atoms with Gasteiger partial charge >= 0.3 is 0 Å². The fraction of sp³-hybridized carbons (Fsp3) is 0.667. The molecule has 17 heavy (non-hydrogen) atoms. The lowest BCUT2D eigenvalue weighted by Gasteiger charge is -2.32. The van der Waals surface area contributed by atoms with E-state index in [0.29, 0.717) is 12.0 Å². The van der Waals surface area contributed by atoms with E-state index in [1.54, 1.807) is 0 Å². The first kappa shape index (κ1) is 12.6. The molecule has 94 valence electrons. The zero-order valence-electron chi connectivity index (χ0n) is 10.8. The Kier molecular flexibility index (Phi) is 4.55. The van der Waals surface area contributed by atoms with Crippen molar-refractivity contribution in [2.24, 2.45) is 17.6 Å². The van der Waals surface area contributed by atoms with Crippen LogP contribution in [0.3, 0.4) is 0 Å². The van der Waals surface area contributed by atoms with Gasteiger partial charge in [0.15, 0.2) is 0 Å². The van der Waals surface area contributed by atoms with E-state index in [2.05, 4.69) is 18.0 Å². The number of pyridine rings is 1. The van der Waals surface area contributed by atoms with Crippen LogP contribution in [0.5, 0.6) is 0 Å². The fourth-order valence-corrected chi connectivity index (χ4v) is 3.02. The van der Waals surface area contributed by atoms with Crippen molar-refractivity contribution in [3.05, 3.63) is 30.1 Å². The van der Waals surface area contributed by atoms with Gasteiger partial charge in [0.2, 0.25) is 0 Å². The summed E-state index contributed by atoms with van der Waals surface area (Å²) in [6, 6.07) is 6.38. The van der Waals surface area contributed by atoms with Crippen molar-refractivity contribution in [1.82, 2.24) is 4.98 Å². The predicted octanol–water partition coefficient (Wildman–Crippen LogP) is 3.17. The summed E-state index contributed by atoms with van der Waals surface area (Å²) in [5, 5.41) is 0. The molecule has 0 saturated heterocycles. The SMILES string of the molecule is CCC1CCCC(C(N)Cc2ccccn2)C1. The molecule has 2 N–H and O–H groups in total. The molecule has 1 aliphatic carbocycles. The van der Waals surface area contributed by atoms with E-state index in [4.69, 9.17) is 5.73 Å². The Morgan fingerprint density at radius 2 is 2.29 bits per heavy atom. The molecule has 3 atom stereocenters. The van der Waals surface area contributed by atoms with Gasteiger partial charge in [-0.2, -0.15) is 0 Å². The largest absolute Gasteiger partial charge is 0.327 e. The highest BCUT2D eigenvalue weighted by Crippen LogP contribution is 2.32. The van der Waals surface area contributed by atoms with E-state index in [1.807, 2.05) is 18.3 Å². The van der Waals surface area contributed by atoms with E-state index >= 15 is 0 Å². The molecule has 2 nitrogen and oxygen atoms in total. The summed E-state index contributed by atoms with van der Waals surface area (Å²) in [6.45, 7) is 2.30. The number of rotatable bonds is 4. The number of hydrogen-bond acceptors (Lipinski definition) is 2. The van der Waals surface area contributed by atoms with Crippen LogP contribution in [0.15, 0.2) is 24.4 Å². The first-order valence-electron chi connectivity index (χ1n) is 6.95. The molecule has 0 radical (unpaired) electrons. The molecule has 1 heterocycles. The monoisotopic (exact) mass is 232 g/mol. The third kappa shape index (κ3) is 3.53. The van der Waals surface area contributed by atoms with Crippen LogP contribution in [0.1, 0.15) is 44.7 Å².